The maximum Gasteiger partial charge on any atom is 0.289 e. The van der Waals surface area contributed by atoms with E-state index in [-0.39, 0.29) is 17.4 Å². The number of anilines is 1. The second-order valence-corrected chi connectivity index (χ2v) is 4.93. The Hall–Kier alpha value is -2.17. The van der Waals surface area contributed by atoms with Crippen LogP contribution in [0.4, 0.5) is 11.4 Å². The molecule has 1 N–H and O–H groups in total. The van der Waals surface area contributed by atoms with Gasteiger partial charge in [-0.15, -0.1) is 0 Å². The highest BCUT2D eigenvalue weighted by molar-refractivity contribution is 5.59. The van der Waals surface area contributed by atoms with Gasteiger partial charge in [-0.25, -0.2) is 0 Å². The fourth-order valence-electron chi connectivity index (χ4n) is 1.98. The lowest BCUT2D eigenvalue weighted by Crippen LogP contribution is -2.26. The van der Waals surface area contributed by atoms with E-state index in [0.29, 0.717) is 18.8 Å². The summed E-state index contributed by atoms with van der Waals surface area (Å²) in [6, 6.07) is 6.20. The molecule has 0 spiro atoms. The van der Waals surface area contributed by atoms with Gasteiger partial charge in [-0.2, -0.15) is 5.26 Å². The van der Waals surface area contributed by atoms with E-state index in [9.17, 15) is 10.1 Å². The summed E-state index contributed by atoms with van der Waals surface area (Å²) in [7, 11) is 0. The average Bonchev–Trinajstić information content (AvgIpc) is 2.75. The van der Waals surface area contributed by atoms with Crippen LogP contribution in [0.3, 0.4) is 0 Å². The first kappa shape index (κ1) is 14.2. The van der Waals surface area contributed by atoms with Crippen LogP contribution in [0, 0.1) is 21.4 Å². The molecule has 1 saturated heterocycles. The minimum atomic E-state index is -0.594. The van der Waals surface area contributed by atoms with Crippen molar-refractivity contribution in [2.45, 2.75) is 25.7 Å². The molecule has 7 heteroatoms. The van der Waals surface area contributed by atoms with Crippen LogP contribution in [0.25, 0.3) is 0 Å². The van der Waals surface area contributed by atoms with Crippen LogP contribution in [0.1, 0.15) is 19.4 Å². The lowest BCUT2D eigenvalue weighted by atomic mass is 10.2. The Morgan fingerprint density at radius 3 is 2.90 bits per heavy atom. The van der Waals surface area contributed by atoms with E-state index in [1.54, 1.807) is 12.1 Å². The molecule has 1 atom stereocenters. The number of nitro benzene ring substituents is 1. The first-order valence-corrected chi connectivity index (χ1v) is 6.15. The number of ether oxygens (including phenoxy) is 2. The van der Waals surface area contributed by atoms with Crippen molar-refractivity contribution in [3.63, 3.8) is 0 Å². The molecule has 106 valence electrons. The predicted octanol–water partition coefficient (Wildman–Crippen LogP) is 2.03. The SMILES string of the molecule is CC1(C)OCC(CNc2ccc(C#N)c([N+](=O)[O-])c2)O1. The zero-order valence-corrected chi connectivity index (χ0v) is 11.3. The number of nitrogens with zero attached hydrogens (tertiary/aromatic N) is 2. The van der Waals surface area contributed by atoms with Crippen molar-refractivity contribution in [3.05, 3.63) is 33.9 Å². The van der Waals surface area contributed by atoms with Crippen molar-refractivity contribution in [1.29, 1.82) is 5.26 Å². The quantitative estimate of drug-likeness (QED) is 0.668. The normalized spacial score (nSPS) is 20.4. The highest BCUT2D eigenvalue weighted by Gasteiger charge is 2.32. The fourth-order valence-corrected chi connectivity index (χ4v) is 1.98. The molecule has 1 aliphatic heterocycles. The van der Waals surface area contributed by atoms with Gasteiger partial charge in [0.1, 0.15) is 17.7 Å². The van der Waals surface area contributed by atoms with Crippen molar-refractivity contribution in [3.8, 4) is 6.07 Å². The Labute approximate surface area is 116 Å². The topological polar surface area (TPSA) is 97.4 Å². The molecule has 1 aliphatic rings. The standard InChI is InChI=1S/C13H15N3O4/c1-13(2)19-8-11(20-13)7-15-10-4-3-9(6-14)12(5-10)16(17)18/h3-5,11,15H,7-8H2,1-2H3. The second kappa shape index (κ2) is 5.45. The fraction of sp³-hybridized carbons (Fsp3) is 0.462. The maximum absolute atomic E-state index is 10.9. The van der Waals surface area contributed by atoms with Crippen LogP contribution in [-0.2, 0) is 9.47 Å². The molecule has 0 bridgehead atoms. The third kappa shape index (κ3) is 3.23. The predicted molar refractivity (Wildman–Crippen MR) is 71.2 cm³/mol. The van der Waals surface area contributed by atoms with Gasteiger partial charge in [0.25, 0.3) is 5.69 Å². The number of hydrogen-bond acceptors (Lipinski definition) is 6. The molecule has 0 radical (unpaired) electrons. The van der Waals surface area contributed by atoms with Crippen LogP contribution in [-0.4, -0.2) is 30.0 Å². The van der Waals surface area contributed by atoms with E-state index in [1.165, 1.54) is 12.1 Å². The van der Waals surface area contributed by atoms with Crippen LogP contribution < -0.4 is 5.32 Å². The Morgan fingerprint density at radius 1 is 1.60 bits per heavy atom. The Bertz CT molecular complexity index is 565. The van der Waals surface area contributed by atoms with Gasteiger partial charge in [-0.05, 0) is 26.0 Å². The molecule has 1 unspecified atom stereocenters. The number of nitriles is 1. The Morgan fingerprint density at radius 2 is 2.35 bits per heavy atom. The number of rotatable bonds is 4. The summed E-state index contributed by atoms with van der Waals surface area (Å²) in [4.78, 5) is 10.3. The number of nitrogens with one attached hydrogen (secondary N) is 1. The molecule has 1 heterocycles. The maximum atomic E-state index is 10.9. The molecule has 7 nitrogen and oxygen atoms in total. The zero-order chi connectivity index (χ0) is 14.8. The summed E-state index contributed by atoms with van der Waals surface area (Å²) in [5.41, 5.74) is 0.410. The van der Waals surface area contributed by atoms with Gasteiger partial charge < -0.3 is 14.8 Å². The Balaban J connectivity index is 2.02. The molecule has 0 aromatic heterocycles. The molecular weight excluding hydrogens is 262 g/mol. The van der Waals surface area contributed by atoms with E-state index in [2.05, 4.69) is 5.32 Å². The van der Waals surface area contributed by atoms with Crippen LogP contribution in [0.2, 0.25) is 0 Å². The molecule has 0 aliphatic carbocycles. The monoisotopic (exact) mass is 277 g/mol. The molecule has 0 saturated carbocycles. The first-order chi connectivity index (χ1) is 9.41. The molecule has 1 aromatic carbocycles. The minimum absolute atomic E-state index is 0.0436. The molecule has 1 aromatic rings. The van der Waals surface area contributed by atoms with Gasteiger partial charge in [-0.1, -0.05) is 0 Å². The van der Waals surface area contributed by atoms with Crippen molar-refractivity contribution >= 4 is 11.4 Å². The van der Waals surface area contributed by atoms with E-state index in [4.69, 9.17) is 14.7 Å². The van der Waals surface area contributed by atoms with E-state index in [1.807, 2.05) is 13.8 Å². The lowest BCUT2D eigenvalue weighted by molar-refractivity contribution is -0.385. The highest BCUT2D eigenvalue weighted by Crippen LogP contribution is 2.25. The number of benzene rings is 1. The van der Waals surface area contributed by atoms with E-state index < -0.39 is 10.7 Å². The van der Waals surface area contributed by atoms with Gasteiger partial charge in [-0.3, -0.25) is 10.1 Å². The molecular formula is C13H15N3O4. The van der Waals surface area contributed by atoms with Gasteiger partial charge in [0.05, 0.1) is 11.5 Å². The van der Waals surface area contributed by atoms with Crippen molar-refractivity contribution < 1.29 is 14.4 Å². The van der Waals surface area contributed by atoms with Gasteiger partial charge in [0, 0.05) is 18.3 Å². The van der Waals surface area contributed by atoms with E-state index >= 15 is 0 Å². The summed E-state index contributed by atoms with van der Waals surface area (Å²) < 4.78 is 11.0. The summed E-state index contributed by atoms with van der Waals surface area (Å²) >= 11 is 0. The summed E-state index contributed by atoms with van der Waals surface area (Å²) in [6.07, 6.45) is -0.111. The van der Waals surface area contributed by atoms with Crippen molar-refractivity contribution in [1.82, 2.24) is 0 Å². The van der Waals surface area contributed by atoms with Crippen LogP contribution in [0.5, 0.6) is 0 Å². The summed E-state index contributed by atoms with van der Waals surface area (Å²) in [5, 5.41) is 22.7. The van der Waals surface area contributed by atoms with Crippen molar-refractivity contribution in [2.24, 2.45) is 0 Å². The zero-order valence-electron chi connectivity index (χ0n) is 11.3. The smallest absolute Gasteiger partial charge is 0.289 e. The largest absolute Gasteiger partial charge is 0.382 e. The second-order valence-electron chi connectivity index (χ2n) is 4.93. The van der Waals surface area contributed by atoms with E-state index in [0.717, 1.165) is 0 Å². The summed E-state index contributed by atoms with van der Waals surface area (Å²) in [6.45, 7) is 4.62. The molecule has 2 rings (SSSR count). The van der Waals surface area contributed by atoms with Crippen LogP contribution in [0.15, 0.2) is 18.2 Å². The van der Waals surface area contributed by atoms with Gasteiger partial charge >= 0.3 is 0 Å². The van der Waals surface area contributed by atoms with Gasteiger partial charge in [0.2, 0.25) is 0 Å². The molecule has 1 fully saturated rings. The number of hydrogen-bond donors (Lipinski definition) is 1. The van der Waals surface area contributed by atoms with Crippen LogP contribution >= 0.6 is 0 Å². The summed E-state index contributed by atoms with van der Waals surface area (Å²) in [5.74, 6) is -0.594. The number of nitro groups is 1. The third-order valence-electron chi connectivity index (χ3n) is 2.92. The minimum Gasteiger partial charge on any atom is -0.382 e. The molecule has 0 amide bonds. The third-order valence-corrected chi connectivity index (χ3v) is 2.92. The highest BCUT2D eigenvalue weighted by atomic mass is 16.7. The van der Waals surface area contributed by atoms with Crippen molar-refractivity contribution in [2.75, 3.05) is 18.5 Å². The molecule has 20 heavy (non-hydrogen) atoms. The Kier molecular flexibility index (Phi) is 3.88. The average molecular weight is 277 g/mol. The lowest BCUT2D eigenvalue weighted by Gasteiger charge is -2.17. The first-order valence-electron chi connectivity index (χ1n) is 6.15. The van der Waals surface area contributed by atoms with Gasteiger partial charge in [0.15, 0.2) is 5.79 Å².